The number of carbonyl (C=O) groups is 2. The number of hydrogen-bond donors (Lipinski definition) is 0. The number of ether oxygens (including phenoxy) is 1. The maximum Gasteiger partial charge on any atom is 0.246 e. The minimum atomic E-state index is -0.261. The van der Waals surface area contributed by atoms with Gasteiger partial charge in [-0.2, -0.15) is 0 Å². The molecule has 0 bridgehead atoms. The molecule has 2 aliphatic heterocycles. The van der Waals surface area contributed by atoms with Gasteiger partial charge in [0, 0.05) is 26.3 Å². The van der Waals surface area contributed by atoms with E-state index < -0.39 is 0 Å². The first-order valence-electron chi connectivity index (χ1n) is 7.39. The third-order valence-electron chi connectivity index (χ3n) is 4.04. The molecule has 2 unspecified atom stereocenters. The maximum atomic E-state index is 12.5. The highest BCUT2D eigenvalue weighted by atomic mass is 16.5. The van der Waals surface area contributed by atoms with E-state index in [4.69, 9.17) is 4.74 Å². The van der Waals surface area contributed by atoms with Crippen molar-refractivity contribution in [1.82, 2.24) is 9.80 Å². The molecule has 0 radical (unpaired) electrons. The summed E-state index contributed by atoms with van der Waals surface area (Å²) in [6, 6.07) is -0.453. The van der Waals surface area contributed by atoms with Crippen molar-refractivity contribution < 1.29 is 14.3 Å². The molecule has 0 aromatic heterocycles. The van der Waals surface area contributed by atoms with Crippen molar-refractivity contribution in [3.8, 4) is 0 Å². The van der Waals surface area contributed by atoms with Crippen LogP contribution in [0.5, 0.6) is 0 Å². The summed E-state index contributed by atoms with van der Waals surface area (Å²) in [6.45, 7) is 6.66. The molecule has 0 aromatic carbocycles. The van der Waals surface area contributed by atoms with Gasteiger partial charge in [-0.15, -0.1) is 0 Å². The molecule has 2 heterocycles. The van der Waals surface area contributed by atoms with Gasteiger partial charge < -0.3 is 14.5 Å². The van der Waals surface area contributed by atoms with Gasteiger partial charge in [0.05, 0.1) is 0 Å². The molecule has 5 nitrogen and oxygen atoms in total. The normalized spacial score (nSPS) is 27.1. The van der Waals surface area contributed by atoms with E-state index in [-0.39, 0.29) is 23.9 Å². The standard InChI is InChI=1S/C14H24N2O3/c1-3-11-13(17)16-8-5-7-12(16)14(18)15(11)9-6-10-19-4-2/h11-12H,3-10H2,1-2H3. The Morgan fingerprint density at radius 1 is 1.26 bits per heavy atom. The van der Waals surface area contributed by atoms with Gasteiger partial charge in [0.25, 0.3) is 0 Å². The van der Waals surface area contributed by atoms with Crippen LogP contribution < -0.4 is 0 Å². The third-order valence-corrected chi connectivity index (χ3v) is 4.04. The minimum absolute atomic E-state index is 0.139. The molecular weight excluding hydrogens is 244 g/mol. The van der Waals surface area contributed by atoms with Crippen LogP contribution in [-0.4, -0.2) is 60.0 Å². The summed E-state index contributed by atoms with van der Waals surface area (Å²) in [5, 5.41) is 0. The number of amides is 2. The highest BCUT2D eigenvalue weighted by molar-refractivity contribution is 5.97. The van der Waals surface area contributed by atoms with Crippen LogP contribution in [0.4, 0.5) is 0 Å². The zero-order valence-corrected chi connectivity index (χ0v) is 11.9. The lowest BCUT2D eigenvalue weighted by molar-refractivity contribution is -0.159. The zero-order valence-electron chi connectivity index (χ0n) is 11.9. The minimum Gasteiger partial charge on any atom is -0.382 e. The summed E-state index contributed by atoms with van der Waals surface area (Å²) in [4.78, 5) is 28.4. The first kappa shape index (κ1) is 14.3. The quantitative estimate of drug-likeness (QED) is 0.676. The van der Waals surface area contributed by atoms with Crippen LogP contribution in [0.25, 0.3) is 0 Å². The van der Waals surface area contributed by atoms with Crippen molar-refractivity contribution in [1.29, 1.82) is 0 Å². The summed E-state index contributed by atoms with van der Waals surface area (Å²) in [5.41, 5.74) is 0. The van der Waals surface area contributed by atoms with Crippen molar-refractivity contribution in [3.05, 3.63) is 0 Å². The second-order valence-electron chi connectivity index (χ2n) is 5.20. The molecule has 0 aromatic rings. The predicted octanol–water partition coefficient (Wildman–Crippen LogP) is 1.02. The van der Waals surface area contributed by atoms with E-state index in [1.165, 1.54) is 0 Å². The third kappa shape index (κ3) is 2.76. The van der Waals surface area contributed by atoms with E-state index in [0.29, 0.717) is 26.2 Å². The molecule has 0 spiro atoms. The average molecular weight is 268 g/mol. The summed E-state index contributed by atoms with van der Waals surface area (Å²) >= 11 is 0. The molecule has 5 heteroatoms. The first-order valence-corrected chi connectivity index (χ1v) is 7.39. The van der Waals surface area contributed by atoms with Crippen LogP contribution in [0.3, 0.4) is 0 Å². The molecule has 2 saturated heterocycles. The molecule has 0 N–H and O–H groups in total. The molecule has 2 fully saturated rings. The smallest absolute Gasteiger partial charge is 0.246 e. The summed E-state index contributed by atoms with van der Waals surface area (Å²) < 4.78 is 5.31. The van der Waals surface area contributed by atoms with E-state index in [9.17, 15) is 9.59 Å². The van der Waals surface area contributed by atoms with Gasteiger partial charge in [0.15, 0.2) is 0 Å². The van der Waals surface area contributed by atoms with Crippen LogP contribution in [0, 0.1) is 0 Å². The van der Waals surface area contributed by atoms with Crippen molar-refractivity contribution in [2.45, 2.75) is 51.6 Å². The summed E-state index contributed by atoms with van der Waals surface area (Å²) in [6.07, 6.45) is 3.27. The van der Waals surface area contributed by atoms with Crippen molar-refractivity contribution in [2.24, 2.45) is 0 Å². The van der Waals surface area contributed by atoms with Gasteiger partial charge in [-0.05, 0) is 32.6 Å². The van der Waals surface area contributed by atoms with Gasteiger partial charge in [-0.25, -0.2) is 0 Å². The number of fused-ring (bicyclic) bond motifs is 1. The number of hydrogen-bond acceptors (Lipinski definition) is 3. The number of nitrogens with zero attached hydrogens (tertiary/aromatic N) is 2. The Morgan fingerprint density at radius 2 is 2.05 bits per heavy atom. The van der Waals surface area contributed by atoms with Gasteiger partial charge in [0.2, 0.25) is 11.8 Å². The zero-order chi connectivity index (χ0) is 13.8. The maximum absolute atomic E-state index is 12.5. The summed E-state index contributed by atoms with van der Waals surface area (Å²) in [7, 11) is 0. The van der Waals surface area contributed by atoms with Gasteiger partial charge >= 0.3 is 0 Å². The first-order chi connectivity index (χ1) is 9.20. The molecule has 2 aliphatic rings. The van der Waals surface area contributed by atoms with Crippen LogP contribution in [0.1, 0.15) is 39.5 Å². The molecule has 108 valence electrons. The number of piperazine rings is 1. The van der Waals surface area contributed by atoms with E-state index in [1.807, 2.05) is 13.8 Å². The fraction of sp³-hybridized carbons (Fsp3) is 0.857. The average Bonchev–Trinajstić information content (AvgIpc) is 2.90. The van der Waals surface area contributed by atoms with Crippen molar-refractivity contribution >= 4 is 11.8 Å². The SMILES string of the molecule is CCOCCCN1C(=O)C2CCCN2C(=O)C1CC. The fourth-order valence-corrected chi connectivity index (χ4v) is 3.10. The highest BCUT2D eigenvalue weighted by Gasteiger charge is 2.46. The van der Waals surface area contributed by atoms with Crippen LogP contribution in [-0.2, 0) is 14.3 Å². The lowest BCUT2D eigenvalue weighted by Crippen LogP contribution is -2.62. The molecule has 19 heavy (non-hydrogen) atoms. The lowest BCUT2D eigenvalue weighted by atomic mass is 10.0. The Balaban J connectivity index is 2.02. The molecular formula is C14H24N2O3. The molecule has 2 amide bonds. The molecule has 0 aliphatic carbocycles. The van der Waals surface area contributed by atoms with Crippen LogP contribution in [0.15, 0.2) is 0 Å². The largest absolute Gasteiger partial charge is 0.382 e. The van der Waals surface area contributed by atoms with Crippen LogP contribution >= 0.6 is 0 Å². The second kappa shape index (κ2) is 6.37. The van der Waals surface area contributed by atoms with Crippen molar-refractivity contribution in [2.75, 3.05) is 26.3 Å². The Morgan fingerprint density at radius 3 is 2.74 bits per heavy atom. The topological polar surface area (TPSA) is 49.9 Å². The second-order valence-corrected chi connectivity index (χ2v) is 5.20. The van der Waals surface area contributed by atoms with Crippen molar-refractivity contribution in [3.63, 3.8) is 0 Å². The van der Waals surface area contributed by atoms with Gasteiger partial charge in [-0.1, -0.05) is 6.92 Å². The highest BCUT2D eigenvalue weighted by Crippen LogP contribution is 2.28. The van der Waals surface area contributed by atoms with E-state index in [1.54, 1.807) is 9.80 Å². The summed E-state index contributed by atoms with van der Waals surface area (Å²) in [5.74, 6) is 0.279. The van der Waals surface area contributed by atoms with E-state index >= 15 is 0 Å². The Hall–Kier alpha value is -1.10. The molecule has 2 rings (SSSR count). The Bertz CT molecular complexity index is 346. The number of rotatable bonds is 6. The Kier molecular flexibility index (Phi) is 4.80. The molecule has 0 saturated carbocycles. The monoisotopic (exact) mass is 268 g/mol. The predicted molar refractivity (Wildman–Crippen MR) is 71.6 cm³/mol. The lowest BCUT2D eigenvalue weighted by Gasteiger charge is -2.42. The van der Waals surface area contributed by atoms with E-state index in [2.05, 4.69) is 0 Å². The van der Waals surface area contributed by atoms with E-state index in [0.717, 1.165) is 25.8 Å². The van der Waals surface area contributed by atoms with Gasteiger partial charge in [-0.3, -0.25) is 9.59 Å². The fourth-order valence-electron chi connectivity index (χ4n) is 3.10. The number of carbonyl (C=O) groups excluding carboxylic acids is 2. The molecule has 2 atom stereocenters. The Labute approximate surface area is 114 Å². The van der Waals surface area contributed by atoms with Crippen LogP contribution in [0.2, 0.25) is 0 Å². The van der Waals surface area contributed by atoms with Gasteiger partial charge in [0.1, 0.15) is 12.1 Å².